The highest BCUT2D eigenvalue weighted by atomic mass is 16.3. The van der Waals surface area contributed by atoms with Crippen molar-refractivity contribution in [2.75, 3.05) is 0 Å². The molecule has 1 aromatic carbocycles. The third-order valence-electron chi connectivity index (χ3n) is 1.48. The zero-order valence-electron chi connectivity index (χ0n) is 6.83. The fourth-order valence-electron chi connectivity index (χ4n) is 0.846. The quantitative estimate of drug-likeness (QED) is 0.646. The van der Waals surface area contributed by atoms with Crippen molar-refractivity contribution in [2.24, 2.45) is 0 Å². The van der Waals surface area contributed by atoms with Crippen LogP contribution in [0, 0.1) is 0 Å². The van der Waals surface area contributed by atoms with Crippen molar-refractivity contribution in [2.45, 2.75) is 19.4 Å². The Morgan fingerprint density at radius 2 is 1.55 bits per heavy atom. The lowest BCUT2D eigenvalue weighted by atomic mass is 9.99. The minimum absolute atomic E-state index is 0. The number of rotatable bonds is 1. The van der Waals surface area contributed by atoms with Crippen LogP contribution in [0.4, 0.5) is 0 Å². The van der Waals surface area contributed by atoms with E-state index in [1.165, 1.54) is 0 Å². The van der Waals surface area contributed by atoms with E-state index in [4.69, 9.17) is 0 Å². The summed E-state index contributed by atoms with van der Waals surface area (Å²) in [6.45, 7) is 3.56. The van der Waals surface area contributed by atoms with Crippen LogP contribution in [-0.2, 0) is 5.60 Å². The largest absolute Gasteiger partial charge is 0.412 e. The van der Waals surface area contributed by atoms with Gasteiger partial charge in [-0.3, -0.25) is 0 Å². The van der Waals surface area contributed by atoms with Crippen LogP contribution in [-0.4, -0.2) is 10.6 Å². The standard InChI is InChI=1S/C9H12O.H2O/c1-9(2,10)8-6-4-3-5-7-8;/h3-7,10H,1-2H3;1H2. The molecule has 2 nitrogen and oxygen atoms in total. The Labute approximate surface area is 66.8 Å². The van der Waals surface area contributed by atoms with Gasteiger partial charge in [-0.15, -0.1) is 0 Å². The summed E-state index contributed by atoms with van der Waals surface area (Å²) >= 11 is 0. The van der Waals surface area contributed by atoms with Crippen molar-refractivity contribution in [3.8, 4) is 0 Å². The van der Waals surface area contributed by atoms with Crippen LogP contribution in [0.5, 0.6) is 0 Å². The minimum Gasteiger partial charge on any atom is -0.412 e. The monoisotopic (exact) mass is 154 g/mol. The zero-order chi connectivity index (χ0) is 7.61. The SMILES string of the molecule is CC(C)(O)c1ccccc1.O. The van der Waals surface area contributed by atoms with E-state index in [2.05, 4.69) is 0 Å². The predicted molar refractivity (Wildman–Crippen MR) is 45.3 cm³/mol. The summed E-state index contributed by atoms with van der Waals surface area (Å²) in [6, 6.07) is 9.62. The Kier molecular flexibility index (Phi) is 3.23. The van der Waals surface area contributed by atoms with E-state index in [0.29, 0.717) is 0 Å². The molecule has 11 heavy (non-hydrogen) atoms. The molecular weight excluding hydrogens is 140 g/mol. The van der Waals surface area contributed by atoms with E-state index in [9.17, 15) is 5.11 Å². The molecule has 0 fully saturated rings. The molecule has 0 aliphatic heterocycles. The van der Waals surface area contributed by atoms with Crippen LogP contribution in [0.15, 0.2) is 30.3 Å². The van der Waals surface area contributed by atoms with Gasteiger partial charge in [-0.05, 0) is 19.4 Å². The summed E-state index contributed by atoms with van der Waals surface area (Å²) in [4.78, 5) is 0. The molecule has 0 amide bonds. The van der Waals surface area contributed by atoms with Gasteiger partial charge >= 0.3 is 0 Å². The Bertz CT molecular complexity index is 199. The molecule has 0 unspecified atom stereocenters. The Morgan fingerprint density at radius 3 is 1.82 bits per heavy atom. The molecule has 0 saturated heterocycles. The van der Waals surface area contributed by atoms with Gasteiger partial charge in [0.2, 0.25) is 0 Å². The molecule has 0 radical (unpaired) electrons. The maximum atomic E-state index is 9.49. The first-order valence-electron chi connectivity index (χ1n) is 3.38. The highest BCUT2D eigenvalue weighted by Crippen LogP contribution is 2.17. The molecule has 0 saturated carbocycles. The molecule has 62 valence electrons. The van der Waals surface area contributed by atoms with Gasteiger partial charge in [0.1, 0.15) is 0 Å². The third kappa shape index (κ3) is 2.70. The van der Waals surface area contributed by atoms with Gasteiger partial charge in [0.15, 0.2) is 0 Å². The molecule has 0 aliphatic carbocycles. The van der Waals surface area contributed by atoms with Gasteiger partial charge in [0, 0.05) is 0 Å². The first kappa shape index (κ1) is 10.1. The summed E-state index contributed by atoms with van der Waals surface area (Å²) < 4.78 is 0. The maximum absolute atomic E-state index is 9.49. The highest BCUT2D eigenvalue weighted by Gasteiger charge is 2.13. The normalized spacial score (nSPS) is 10.5. The maximum Gasteiger partial charge on any atom is 0.0840 e. The van der Waals surface area contributed by atoms with Crippen molar-refractivity contribution in [1.82, 2.24) is 0 Å². The van der Waals surface area contributed by atoms with Crippen LogP contribution >= 0.6 is 0 Å². The van der Waals surface area contributed by atoms with Crippen molar-refractivity contribution in [3.05, 3.63) is 35.9 Å². The van der Waals surface area contributed by atoms with Crippen molar-refractivity contribution in [1.29, 1.82) is 0 Å². The number of hydrogen-bond donors (Lipinski definition) is 1. The predicted octanol–water partition coefficient (Wildman–Crippen LogP) is 1.09. The molecule has 0 spiro atoms. The molecular formula is C9H14O2. The Morgan fingerprint density at radius 1 is 1.09 bits per heavy atom. The lowest BCUT2D eigenvalue weighted by molar-refractivity contribution is 0.0786. The molecule has 1 rings (SSSR count). The lowest BCUT2D eigenvalue weighted by Crippen LogP contribution is -2.14. The smallest absolute Gasteiger partial charge is 0.0840 e. The van der Waals surface area contributed by atoms with Crippen LogP contribution < -0.4 is 0 Å². The summed E-state index contributed by atoms with van der Waals surface area (Å²) in [6.07, 6.45) is 0. The van der Waals surface area contributed by atoms with Gasteiger partial charge in [-0.2, -0.15) is 0 Å². The molecule has 3 N–H and O–H groups in total. The van der Waals surface area contributed by atoms with Gasteiger partial charge in [0.25, 0.3) is 0 Å². The molecule has 2 heteroatoms. The molecule has 0 aromatic heterocycles. The number of hydrogen-bond acceptors (Lipinski definition) is 1. The summed E-state index contributed by atoms with van der Waals surface area (Å²) in [5, 5.41) is 9.49. The van der Waals surface area contributed by atoms with Crippen molar-refractivity contribution in [3.63, 3.8) is 0 Å². The first-order valence-corrected chi connectivity index (χ1v) is 3.38. The van der Waals surface area contributed by atoms with Crippen molar-refractivity contribution >= 4 is 0 Å². The topological polar surface area (TPSA) is 51.7 Å². The highest BCUT2D eigenvalue weighted by molar-refractivity contribution is 5.20. The molecule has 0 heterocycles. The lowest BCUT2D eigenvalue weighted by Gasteiger charge is -2.16. The summed E-state index contributed by atoms with van der Waals surface area (Å²) in [7, 11) is 0. The van der Waals surface area contributed by atoms with Gasteiger partial charge < -0.3 is 10.6 Å². The Hall–Kier alpha value is -0.860. The van der Waals surface area contributed by atoms with E-state index in [1.807, 2.05) is 30.3 Å². The molecule has 0 atom stereocenters. The van der Waals surface area contributed by atoms with Crippen LogP contribution in [0.2, 0.25) is 0 Å². The minimum atomic E-state index is -0.707. The average molecular weight is 154 g/mol. The van der Waals surface area contributed by atoms with Crippen LogP contribution in [0.3, 0.4) is 0 Å². The summed E-state index contributed by atoms with van der Waals surface area (Å²) in [5.41, 5.74) is 0.247. The van der Waals surface area contributed by atoms with Crippen LogP contribution in [0.1, 0.15) is 19.4 Å². The molecule has 1 aromatic rings. The number of aliphatic hydroxyl groups is 1. The van der Waals surface area contributed by atoms with Gasteiger partial charge in [0.05, 0.1) is 5.60 Å². The molecule has 0 bridgehead atoms. The van der Waals surface area contributed by atoms with Gasteiger partial charge in [-0.25, -0.2) is 0 Å². The second kappa shape index (κ2) is 3.51. The van der Waals surface area contributed by atoms with E-state index in [1.54, 1.807) is 13.8 Å². The fourth-order valence-corrected chi connectivity index (χ4v) is 0.846. The second-order valence-electron chi connectivity index (χ2n) is 2.93. The second-order valence-corrected chi connectivity index (χ2v) is 2.93. The molecule has 0 aliphatic rings. The Balaban J connectivity index is 0.000001000. The summed E-state index contributed by atoms with van der Waals surface area (Å²) in [5.74, 6) is 0. The van der Waals surface area contributed by atoms with Crippen LogP contribution in [0.25, 0.3) is 0 Å². The first-order chi connectivity index (χ1) is 4.61. The van der Waals surface area contributed by atoms with E-state index in [0.717, 1.165) is 5.56 Å². The van der Waals surface area contributed by atoms with E-state index < -0.39 is 5.60 Å². The van der Waals surface area contributed by atoms with E-state index in [-0.39, 0.29) is 5.48 Å². The van der Waals surface area contributed by atoms with Crippen molar-refractivity contribution < 1.29 is 10.6 Å². The average Bonchev–Trinajstić information content (AvgIpc) is 1.88. The van der Waals surface area contributed by atoms with Gasteiger partial charge in [-0.1, -0.05) is 30.3 Å². The third-order valence-corrected chi connectivity index (χ3v) is 1.48. The zero-order valence-corrected chi connectivity index (χ0v) is 6.83. The van der Waals surface area contributed by atoms with E-state index >= 15 is 0 Å². The fraction of sp³-hybridized carbons (Fsp3) is 0.333. The number of benzene rings is 1.